The van der Waals surface area contributed by atoms with E-state index < -0.39 is 10.0 Å². The number of benzene rings is 1. The van der Waals surface area contributed by atoms with Crippen LogP contribution in [-0.4, -0.2) is 45.2 Å². The Balaban J connectivity index is 2.17. The number of sulfonamides is 1. The number of fused-ring (bicyclic) bond motifs is 1. The van der Waals surface area contributed by atoms with Crippen LogP contribution in [0.4, 0.5) is 0 Å². The van der Waals surface area contributed by atoms with Crippen LogP contribution in [0.3, 0.4) is 0 Å². The van der Waals surface area contributed by atoms with Crippen LogP contribution in [0, 0.1) is 0 Å². The summed E-state index contributed by atoms with van der Waals surface area (Å²) in [5, 5.41) is 2.86. The van der Waals surface area contributed by atoms with Crippen molar-refractivity contribution in [2.24, 2.45) is 0 Å². The molecule has 5 nitrogen and oxygen atoms in total. The number of ether oxygens (including phenoxy) is 1. The molecule has 0 saturated heterocycles. The van der Waals surface area contributed by atoms with E-state index >= 15 is 0 Å². The first-order valence-corrected chi connectivity index (χ1v) is 7.57. The number of rotatable bonds is 4. The van der Waals surface area contributed by atoms with Crippen molar-refractivity contribution in [3.8, 4) is 5.75 Å². The standard InChI is InChI=1S/C12H18N2O3S/c1-13-6-9-18(15,16)14-7-8-17-12-5-3-2-4-11(12)10-14/h2-5,13H,6-10H2,1H3. The molecule has 0 spiro atoms. The maximum atomic E-state index is 12.1. The largest absolute Gasteiger partial charge is 0.492 e. The highest BCUT2D eigenvalue weighted by atomic mass is 32.2. The first-order valence-electron chi connectivity index (χ1n) is 5.96. The SMILES string of the molecule is CNCCS(=O)(=O)N1CCOc2ccccc2C1. The van der Waals surface area contributed by atoms with Gasteiger partial charge in [0.05, 0.1) is 5.75 Å². The van der Waals surface area contributed by atoms with Gasteiger partial charge in [0.1, 0.15) is 12.4 Å². The summed E-state index contributed by atoms with van der Waals surface area (Å²) in [6.45, 7) is 1.65. The van der Waals surface area contributed by atoms with Crippen molar-refractivity contribution in [2.45, 2.75) is 6.54 Å². The molecule has 0 amide bonds. The molecule has 1 aromatic rings. The van der Waals surface area contributed by atoms with Gasteiger partial charge in [0.2, 0.25) is 10.0 Å². The van der Waals surface area contributed by atoms with E-state index in [0.717, 1.165) is 11.3 Å². The van der Waals surface area contributed by atoms with Crippen molar-refractivity contribution in [2.75, 3.05) is 32.5 Å². The van der Waals surface area contributed by atoms with E-state index in [2.05, 4.69) is 5.32 Å². The Labute approximate surface area is 108 Å². The van der Waals surface area contributed by atoms with Gasteiger partial charge in [-0.15, -0.1) is 0 Å². The van der Waals surface area contributed by atoms with Gasteiger partial charge in [-0.05, 0) is 13.1 Å². The fraction of sp³-hybridized carbons (Fsp3) is 0.500. The van der Waals surface area contributed by atoms with Crippen LogP contribution in [0.5, 0.6) is 5.75 Å². The lowest BCUT2D eigenvalue weighted by Gasteiger charge is -2.19. The third-order valence-corrected chi connectivity index (χ3v) is 4.74. The second-order valence-electron chi connectivity index (χ2n) is 4.21. The van der Waals surface area contributed by atoms with E-state index in [-0.39, 0.29) is 5.75 Å². The summed E-state index contributed by atoms with van der Waals surface area (Å²) in [6, 6.07) is 7.57. The van der Waals surface area contributed by atoms with Crippen LogP contribution in [0.15, 0.2) is 24.3 Å². The Kier molecular flexibility index (Phi) is 4.21. The molecule has 0 unspecified atom stereocenters. The van der Waals surface area contributed by atoms with Crippen LogP contribution in [0.2, 0.25) is 0 Å². The molecule has 0 radical (unpaired) electrons. The van der Waals surface area contributed by atoms with Gasteiger partial charge in [-0.2, -0.15) is 4.31 Å². The summed E-state index contributed by atoms with van der Waals surface area (Å²) < 4.78 is 31.3. The third-order valence-electron chi connectivity index (χ3n) is 2.92. The molecule has 1 aliphatic rings. The van der Waals surface area contributed by atoms with Gasteiger partial charge in [-0.3, -0.25) is 0 Å². The van der Waals surface area contributed by atoms with Crippen LogP contribution in [0.1, 0.15) is 5.56 Å². The molecule has 1 aromatic carbocycles. The number of nitrogens with one attached hydrogen (secondary N) is 1. The topological polar surface area (TPSA) is 58.6 Å². The van der Waals surface area contributed by atoms with Crippen molar-refractivity contribution in [1.82, 2.24) is 9.62 Å². The average Bonchev–Trinajstić information content (AvgIpc) is 2.59. The molecule has 1 heterocycles. The predicted octanol–water partition coefficient (Wildman–Crippen LogP) is 0.430. The molecule has 2 rings (SSSR count). The van der Waals surface area contributed by atoms with Crippen LogP contribution < -0.4 is 10.1 Å². The molecule has 0 atom stereocenters. The minimum Gasteiger partial charge on any atom is -0.492 e. The zero-order chi connectivity index (χ0) is 13.0. The van der Waals surface area contributed by atoms with E-state index in [0.29, 0.717) is 26.2 Å². The molecule has 0 aromatic heterocycles. The quantitative estimate of drug-likeness (QED) is 0.862. The van der Waals surface area contributed by atoms with Crippen molar-refractivity contribution in [1.29, 1.82) is 0 Å². The summed E-state index contributed by atoms with van der Waals surface area (Å²) >= 11 is 0. The molecule has 18 heavy (non-hydrogen) atoms. The van der Waals surface area contributed by atoms with Crippen molar-refractivity contribution >= 4 is 10.0 Å². The molecule has 0 saturated carbocycles. The lowest BCUT2D eigenvalue weighted by molar-refractivity contribution is 0.293. The van der Waals surface area contributed by atoms with Gasteiger partial charge in [0.15, 0.2) is 0 Å². The van der Waals surface area contributed by atoms with Crippen LogP contribution >= 0.6 is 0 Å². The fourth-order valence-corrected chi connectivity index (χ4v) is 3.31. The number of hydrogen-bond donors (Lipinski definition) is 1. The van der Waals surface area contributed by atoms with Gasteiger partial charge in [-0.25, -0.2) is 8.42 Å². The fourth-order valence-electron chi connectivity index (χ4n) is 1.90. The summed E-state index contributed by atoms with van der Waals surface area (Å²) in [7, 11) is -1.47. The van der Waals surface area contributed by atoms with Crippen molar-refractivity contribution < 1.29 is 13.2 Å². The van der Waals surface area contributed by atoms with Crippen LogP contribution in [0.25, 0.3) is 0 Å². The molecule has 0 bridgehead atoms. The molecule has 0 fully saturated rings. The summed E-state index contributed by atoms with van der Waals surface area (Å²) in [6.07, 6.45) is 0. The monoisotopic (exact) mass is 270 g/mol. The van der Waals surface area contributed by atoms with Crippen molar-refractivity contribution in [3.05, 3.63) is 29.8 Å². The second kappa shape index (κ2) is 5.69. The Bertz CT molecular complexity index is 502. The highest BCUT2D eigenvalue weighted by Crippen LogP contribution is 2.23. The molecule has 100 valence electrons. The van der Waals surface area contributed by atoms with Gasteiger partial charge in [0, 0.05) is 25.2 Å². The minimum atomic E-state index is -3.22. The maximum Gasteiger partial charge on any atom is 0.215 e. The summed E-state index contributed by atoms with van der Waals surface area (Å²) in [5.74, 6) is 0.898. The van der Waals surface area contributed by atoms with Crippen molar-refractivity contribution in [3.63, 3.8) is 0 Å². The minimum absolute atomic E-state index is 0.117. The van der Waals surface area contributed by atoms with Gasteiger partial charge < -0.3 is 10.1 Å². The molecule has 6 heteroatoms. The highest BCUT2D eigenvalue weighted by molar-refractivity contribution is 7.89. The van der Waals surface area contributed by atoms with E-state index in [1.165, 1.54) is 4.31 Å². The molecule has 1 aliphatic heterocycles. The Morgan fingerprint density at radius 3 is 2.94 bits per heavy atom. The van der Waals surface area contributed by atoms with Crippen LogP contribution in [-0.2, 0) is 16.6 Å². The number of nitrogens with zero attached hydrogens (tertiary/aromatic N) is 1. The summed E-state index contributed by atoms with van der Waals surface area (Å²) in [5.41, 5.74) is 0.919. The molecular weight excluding hydrogens is 252 g/mol. The molecule has 1 N–H and O–H groups in total. The lowest BCUT2D eigenvalue weighted by atomic mass is 10.2. The second-order valence-corrected chi connectivity index (χ2v) is 6.30. The zero-order valence-electron chi connectivity index (χ0n) is 10.4. The average molecular weight is 270 g/mol. The summed E-state index contributed by atoms with van der Waals surface area (Å²) in [4.78, 5) is 0. The van der Waals surface area contributed by atoms with Gasteiger partial charge in [-0.1, -0.05) is 18.2 Å². The zero-order valence-corrected chi connectivity index (χ0v) is 11.2. The molecular formula is C12H18N2O3S. The lowest BCUT2D eigenvalue weighted by Crippen LogP contribution is -2.36. The number of hydrogen-bond acceptors (Lipinski definition) is 4. The first-order chi connectivity index (χ1) is 8.63. The predicted molar refractivity (Wildman–Crippen MR) is 70.1 cm³/mol. The first kappa shape index (κ1) is 13.3. The van der Waals surface area contributed by atoms with Gasteiger partial charge in [0.25, 0.3) is 0 Å². The Hall–Kier alpha value is -1.11. The third kappa shape index (κ3) is 3.01. The smallest absolute Gasteiger partial charge is 0.215 e. The highest BCUT2D eigenvalue weighted by Gasteiger charge is 2.25. The van der Waals surface area contributed by atoms with E-state index in [9.17, 15) is 8.42 Å². The van der Waals surface area contributed by atoms with E-state index in [4.69, 9.17) is 4.74 Å². The van der Waals surface area contributed by atoms with E-state index in [1.54, 1.807) is 7.05 Å². The Morgan fingerprint density at radius 1 is 1.39 bits per heavy atom. The van der Waals surface area contributed by atoms with Gasteiger partial charge >= 0.3 is 0 Å². The molecule has 0 aliphatic carbocycles. The Morgan fingerprint density at radius 2 is 2.17 bits per heavy atom. The maximum absolute atomic E-state index is 12.1. The number of para-hydroxylation sites is 1. The normalized spacial score (nSPS) is 16.7. The van der Waals surface area contributed by atoms with E-state index in [1.807, 2.05) is 24.3 Å².